The highest BCUT2D eigenvalue weighted by Gasteiger charge is 2.08. The molecule has 0 aliphatic heterocycles. The molecule has 0 saturated carbocycles. The van der Waals surface area contributed by atoms with Crippen LogP contribution in [0.25, 0.3) is 11.3 Å². The van der Waals surface area contributed by atoms with Crippen molar-refractivity contribution in [2.24, 2.45) is 0 Å². The Morgan fingerprint density at radius 3 is 2.88 bits per heavy atom. The van der Waals surface area contributed by atoms with Crippen LogP contribution in [0.15, 0.2) is 41.1 Å². The summed E-state index contributed by atoms with van der Waals surface area (Å²) in [5.74, 6) is -0.449. The van der Waals surface area contributed by atoms with E-state index in [1.807, 2.05) is 12.1 Å². The van der Waals surface area contributed by atoms with Crippen molar-refractivity contribution in [3.8, 4) is 11.3 Å². The molecule has 0 unspecified atom stereocenters. The zero-order valence-electron chi connectivity index (χ0n) is 9.05. The number of ether oxygens (including phenoxy) is 1. The van der Waals surface area contributed by atoms with Crippen molar-refractivity contribution in [2.45, 2.75) is 0 Å². The van der Waals surface area contributed by atoms with Crippen LogP contribution >= 0.6 is 15.9 Å². The summed E-state index contributed by atoms with van der Waals surface area (Å²) >= 11 is 3.34. The first-order chi connectivity index (χ1) is 8.20. The second kappa shape index (κ2) is 5.05. The third kappa shape index (κ3) is 2.68. The molecule has 0 amide bonds. The van der Waals surface area contributed by atoms with Crippen molar-refractivity contribution in [1.29, 1.82) is 0 Å². The summed E-state index contributed by atoms with van der Waals surface area (Å²) < 4.78 is 5.49. The van der Waals surface area contributed by atoms with E-state index in [9.17, 15) is 4.79 Å². The standard InChI is InChI=1S/C12H9BrN2O2/c1-17-12(16)11-4-2-3-10(15-11)8-5-9(13)7-14-6-8/h2-7H,1H3. The van der Waals surface area contributed by atoms with Crippen LogP contribution in [0.5, 0.6) is 0 Å². The van der Waals surface area contributed by atoms with Crippen molar-refractivity contribution in [3.05, 3.63) is 46.8 Å². The Morgan fingerprint density at radius 1 is 1.35 bits per heavy atom. The molecule has 0 N–H and O–H groups in total. The van der Waals surface area contributed by atoms with Crippen LogP contribution in [0.4, 0.5) is 0 Å². The molecule has 0 radical (unpaired) electrons. The van der Waals surface area contributed by atoms with Gasteiger partial charge in [0, 0.05) is 22.4 Å². The van der Waals surface area contributed by atoms with Gasteiger partial charge in [-0.2, -0.15) is 0 Å². The van der Waals surface area contributed by atoms with Crippen molar-refractivity contribution < 1.29 is 9.53 Å². The van der Waals surface area contributed by atoms with Crippen LogP contribution in [-0.4, -0.2) is 23.0 Å². The quantitative estimate of drug-likeness (QED) is 0.799. The highest BCUT2D eigenvalue weighted by atomic mass is 79.9. The second-order valence-electron chi connectivity index (χ2n) is 3.29. The average molecular weight is 293 g/mol. The molecule has 5 heteroatoms. The lowest BCUT2D eigenvalue weighted by atomic mass is 10.2. The van der Waals surface area contributed by atoms with Gasteiger partial charge in [-0.15, -0.1) is 0 Å². The van der Waals surface area contributed by atoms with E-state index < -0.39 is 5.97 Å². The molecule has 0 atom stereocenters. The highest BCUT2D eigenvalue weighted by Crippen LogP contribution is 2.20. The van der Waals surface area contributed by atoms with E-state index in [-0.39, 0.29) is 5.69 Å². The van der Waals surface area contributed by atoms with E-state index >= 15 is 0 Å². The van der Waals surface area contributed by atoms with Gasteiger partial charge < -0.3 is 4.74 Å². The molecule has 0 bridgehead atoms. The monoisotopic (exact) mass is 292 g/mol. The van der Waals surface area contributed by atoms with Gasteiger partial charge in [0.05, 0.1) is 12.8 Å². The van der Waals surface area contributed by atoms with Gasteiger partial charge in [-0.3, -0.25) is 4.98 Å². The van der Waals surface area contributed by atoms with Gasteiger partial charge in [-0.1, -0.05) is 6.07 Å². The van der Waals surface area contributed by atoms with Gasteiger partial charge in [0.15, 0.2) is 0 Å². The number of aromatic nitrogens is 2. The first kappa shape index (κ1) is 11.7. The number of carbonyl (C=O) groups excluding carboxylic acids is 1. The zero-order chi connectivity index (χ0) is 12.3. The fourth-order valence-corrected chi connectivity index (χ4v) is 1.73. The maximum absolute atomic E-state index is 11.4. The molecule has 17 heavy (non-hydrogen) atoms. The smallest absolute Gasteiger partial charge is 0.356 e. The number of hydrogen-bond acceptors (Lipinski definition) is 4. The summed E-state index contributed by atoms with van der Waals surface area (Å²) in [5, 5.41) is 0. The van der Waals surface area contributed by atoms with Crippen LogP contribution in [0, 0.1) is 0 Å². The molecule has 2 aromatic heterocycles. The number of halogens is 1. The lowest BCUT2D eigenvalue weighted by molar-refractivity contribution is 0.0594. The zero-order valence-corrected chi connectivity index (χ0v) is 10.6. The van der Waals surface area contributed by atoms with Gasteiger partial charge in [-0.25, -0.2) is 9.78 Å². The lowest BCUT2D eigenvalue weighted by Gasteiger charge is -2.03. The van der Waals surface area contributed by atoms with Gasteiger partial charge in [0.2, 0.25) is 0 Å². The van der Waals surface area contributed by atoms with Crippen molar-refractivity contribution in [3.63, 3.8) is 0 Å². The van der Waals surface area contributed by atoms with E-state index in [1.54, 1.807) is 24.5 Å². The molecular weight excluding hydrogens is 284 g/mol. The molecule has 2 aromatic rings. The average Bonchev–Trinajstić information content (AvgIpc) is 2.38. The maximum Gasteiger partial charge on any atom is 0.356 e. The molecule has 0 aliphatic rings. The SMILES string of the molecule is COC(=O)c1cccc(-c2cncc(Br)c2)n1. The summed E-state index contributed by atoms with van der Waals surface area (Å²) in [6.07, 6.45) is 3.38. The van der Waals surface area contributed by atoms with Gasteiger partial charge in [0.1, 0.15) is 5.69 Å². The molecule has 86 valence electrons. The Kier molecular flexibility index (Phi) is 3.49. The van der Waals surface area contributed by atoms with Crippen LogP contribution in [0.1, 0.15) is 10.5 Å². The minimum absolute atomic E-state index is 0.282. The number of rotatable bonds is 2. The second-order valence-corrected chi connectivity index (χ2v) is 4.21. The molecule has 0 fully saturated rings. The summed E-state index contributed by atoms with van der Waals surface area (Å²) in [5.41, 5.74) is 1.80. The first-order valence-corrected chi connectivity index (χ1v) is 5.66. The number of methoxy groups -OCH3 is 1. The molecular formula is C12H9BrN2O2. The van der Waals surface area contributed by atoms with Crippen LogP contribution in [-0.2, 0) is 4.74 Å². The molecule has 2 heterocycles. The summed E-state index contributed by atoms with van der Waals surface area (Å²) in [6, 6.07) is 7.07. The molecule has 0 saturated heterocycles. The Balaban J connectivity index is 2.43. The van der Waals surface area contributed by atoms with Gasteiger partial charge in [-0.05, 0) is 34.1 Å². The minimum atomic E-state index is -0.449. The number of nitrogens with zero attached hydrogens (tertiary/aromatic N) is 2. The Labute approximate surface area is 107 Å². The Bertz CT molecular complexity index is 558. The van der Waals surface area contributed by atoms with Crippen LogP contribution in [0.2, 0.25) is 0 Å². The van der Waals surface area contributed by atoms with E-state index in [0.717, 1.165) is 10.0 Å². The Hall–Kier alpha value is -1.75. The third-order valence-electron chi connectivity index (χ3n) is 2.14. The molecule has 2 rings (SSSR count). The highest BCUT2D eigenvalue weighted by molar-refractivity contribution is 9.10. The fourth-order valence-electron chi connectivity index (χ4n) is 1.37. The van der Waals surface area contributed by atoms with Crippen molar-refractivity contribution in [1.82, 2.24) is 9.97 Å². The maximum atomic E-state index is 11.4. The third-order valence-corrected chi connectivity index (χ3v) is 2.58. The van der Waals surface area contributed by atoms with E-state index in [1.165, 1.54) is 7.11 Å². The van der Waals surface area contributed by atoms with Gasteiger partial charge >= 0.3 is 5.97 Å². The summed E-state index contributed by atoms with van der Waals surface area (Å²) in [4.78, 5) is 19.6. The molecule has 4 nitrogen and oxygen atoms in total. The first-order valence-electron chi connectivity index (χ1n) is 4.87. The lowest BCUT2D eigenvalue weighted by Crippen LogP contribution is -2.04. The van der Waals surface area contributed by atoms with Crippen LogP contribution in [0.3, 0.4) is 0 Å². The fraction of sp³-hybridized carbons (Fsp3) is 0.0833. The van der Waals surface area contributed by atoms with E-state index in [0.29, 0.717) is 5.69 Å². The normalized spacial score (nSPS) is 10.0. The van der Waals surface area contributed by atoms with E-state index in [2.05, 4.69) is 30.6 Å². The summed E-state index contributed by atoms with van der Waals surface area (Å²) in [7, 11) is 1.33. The topological polar surface area (TPSA) is 52.1 Å². The number of carbonyl (C=O) groups is 1. The van der Waals surface area contributed by atoms with Crippen LogP contribution < -0.4 is 0 Å². The van der Waals surface area contributed by atoms with Gasteiger partial charge in [0.25, 0.3) is 0 Å². The molecule has 0 aromatic carbocycles. The largest absolute Gasteiger partial charge is 0.464 e. The number of esters is 1. The number of pyridine rings is 2. The minimum Gasteiger partial charge on any atom is -0.464 e. The summed E-state index contributed by atoms with van der Waals surface area (Å²) in [6.45, 7) is 0. The molecule has 0 aliphatic carbocycles. The predicted octanol–water partition coefficient (Wildman–Crippen LogP) is 2.69. The predicted molar refractivity (Wildman–Crippen MR) is 66.5 cm³/mol. The van der Waals surface area contributed by atoms with E-state index in [4.69, 9.17) is 0 Å². The number of hydrogen-bond donors (Lipinski definition) is 0. The van der Waals surface area contributed by atoms with Crippen molar-refractivity contribution >= 4 is 21.9 Å². The van der Waals surface area contributed by atoms with Crippen molar-refractivity contribution in [2.75, 3.05) is 7.11 Å². The Morgan fingerprint density at radius 2 is 2.18 bits per heavy atom. The molecule has 0 spiro atoms.